The van der Waals surface area contributed by atoms with Crippen molar-refractivity contribution >= 4 is 17.3 Å². The summed E-state index contributed by atoms with van der Waals surface area (Å²) in [5.74, 6) is -2.10. The molecular weight excluding hydrogens is 264 g/mol. The van der Waals surface area contributed by atoms with E-state index in [1.165, 1.54) is 6.92 Å². The van der Waals surface area contributed by atoms with Crippen LogP contribution < -0.4 is 0 Å². The monoisotopic (exact) mass is 288 g/mol. The number of unbranched alkanes of at least 4 members (excludes halogenated alkanes) is 4. The van der Waals surface area contributed by atoms with E-state index >= 15 is 0 Å². The second-order valence-corrected chi connectivity index (χ2v) is 5.40. The second kappa shape index (κ2) is 9.22. The Balaban J connectivity index is 2.63. The lowest BCUT2D eigenvalue weighted by Gasteiger charge is -2.11. The summed E-state index contributed by atoms with van der Waals surface area (Å²) in [6.07, 6.45) is 5.45. The average molecular weight is 288 g/mol. The minimum absolute atomic E-state index is 0.243. The molecule has 0 aliphatic rings. The third-order valence-corrected chi connectivity index (χ3v) is 3.58. The average Bonchev–Trinajstić information content (AvgIpc) is 2.47. The molecule has 1 aromatic rings. The van der Waals surface area contributed by atoms with Crippen molar-refractivity contribution in [1.29, 1.82) is 0 Å². The molecule has 0 spiro atoms. The van der Waals surface area contributed by atoms with E-state index < -0.39 is 5.92 Å². The van der Waals surface area contributed by atoms with Crippen LogP contribution in [-0.2, 0) is 9.59 Å². The van der Waals surface area contributed by atoms with Gasteiger partial charge in [-0.05, 0) is 13.3 Å². The van der Waals surface area contributed by atoms with Gasteiger partial charge >= 0.3 is 0 Å². The van der Waals surface area contributed by atoms with Gasteiger partial charge in [-0.3, -0.25) is 14.4 Å². The molecule has 1 atom stereocenters. The topological polar surface area (TPSA) is 51.2 Å². The first-order chi connectivity index (χ1) is 10.1. The molecule has 0 saturated heterocycles. The van der Waals surface area contributed by atoms with Gasteiger partial charge in [0.05, 0.1) is 0 Å². The van der Waals surface area contributed by atoms with Gasteiger partial charge in [0.2, 0.25) is 0 Å². The van der Waals surface area contributed by atoms with Crippen molar-refractivity contribution in [2.45, 2.75) is 52.4 Å². The Morgan fingerprint density at radius 3 is 2.14 bits per heavy atom. The number of carbonyl (C=O) groups is 3. The summed E-state index contributed by atoms with van der Waals surface area (Å²) in [7, 11) is 0. The lowest BCUT2D eigenvalue weighted by molar-refractivity contribution is -0.129. The van der Waals surface area contributed by atoms with Crippen molar-refractivity contribution in [2.24, 2.45) is 5.92 Å². The highest BCUT2D eigenvalue weighted by Crippen LogP contribution is 2.15. The number of ketones is 3. The van der Waals surface area contributed by atoms with Gasteiger partial charge in [0.15, 0.2) is 11.6 Å². The summed E-state index contributed by atoms with van der Waals surface area (Å²) in [6, 6.07) is 8.56. The van der Waals surface area contributed by atoms with Gasteiger partial charge in [0.1, 0.15) is 11.7 Å². The van der Waals surface area contributed by atoms with E-state index in [1.807, 2.05) is 0 Å². The molecule has 0 amide bonds. The highest BCUT2D eigenvalue weighted by atomic mass is 16.2. The maximum Gasteiger partial charge on any atom is 0.180 e. The standard InChI is InChI=1S/C18H24O3/c1-3-4-5-6-10-13-16(20)17(14(2)19)18(21)15-11-8-7-9-12-15/h7-9,11-12,17H,3-6,10,13H2,1-2H3. The van der Waals surface area contributed by atoms with Gasteiger partial charge in [-0.1, -0.05) is 62.9 Å². The first-order valence-electron chi connectivity index (χ1n) is 7.70. The summed E-state index contributed by atoms with van der Waals surface area (Å²) in [4.78, 5) is 36.2. The van der Waals surface area contributed by atoms with Gasteiger partial charge in [-0.15, -0.1) is 0 Å². The van der Waals surface area contributed by atoms with E-state index in [2.05, 4.69) is 6.92 Å². The normalized spacial score (nSPS) is 11.9. The fourth-order valence-corrected chi connectivity index (χ4v) is 2.37. The largest absolute Gasteiger partial charge is 0.299 e. The molecule has 0 aromatic heterocycles. The Bertz CT molecular complexity index is 476. The third kappa shape index (κ3) is 5.62. The Kier molecular flexibility index (Phi) is 7.59. The van der Waals surface area contributed by atoms with Crippen LogP contribution in [0.1, 0.15) is 62.7 Å². The SMILES string of the molecule is CCCCCCCC(=O)C(C(C)=O)C(=O)c1ccccc1. The van der Waals surface area contributed by atoms with Crippen LogP contribution in [0.5, 0.6) is 0 Å². The molecule has 0 saturated carbocycles. The fraction of sp³-hybridized carbons (Fsp3) is 0.500. The summed E-state index contributed by atoms with van der Waals surface area (Å²) in [6.45, 7) is 3.45. The molecule has 0 N–H and O–H groups in total. The first-order valence-corrected chi connectivity index (χ1v) is 7.70. The van der Waals surface area contributed by atoms with Gasteiger partial charge in [0, 0.05) is 12.0 Å². The Labute approximate surface area is 126 Å². The van der Waals surface area contributed by atoms with E-state index in [0.717, 1.165) is 32.1 Å². The van der Waals surface area contributed by atoms with E-state index in [4.69, 9.17) is 0 Å². The summed E-state index contributed by atoms with van der Waals surface area (Å²) in [5, 5.41) is 0. The van der Waals surface area contributed by atoms with Crippen LogP contribution in [0.4, 0.5) is 0 Å². The Morgan fingerprint density at radius 2 is 1.57 bits per heavy atom. The van der Waals surface area contributed by atoms with Crippen LogP contribution >= 0.6 is 0 Å². The number of hydrogen-bond acceptors (Lipinski definition) is 3. The minimum atomic E-state index is -1.13. The molecule has 0 aliphatic carbocycles. The molecule has 0 aliphatic heterocycles. The van der Waals surface area contributed by atoms with E-state index in [0.29, 0.717) is 12.0 Å². The molecule has 114 valence electrons. The van der Waals surface area contributed by atoms with Crippen LogP contribution in [0.3, 0.4) is 0 Å². The van der Waals surface area contributed by atoms with E-state index in [9.17, 15) is 14.4 Å². The van der Waals surface area contributed by atoms with Crippen LogP contribution in [-0.4, -0.2) is 17.3 Å². The molecular formula is C18H24O3. The zero-order valence-electron chi connectivity index (χ0n) is 12.9. The Morgan fingerprint density at radius 1 is 0.952 bits per heavy atom. The number of rotatable bonds is 10. The molecule has 1 unspecified atom stereocenters. The molecule has 1 aromatic carbocycles. The number of carbonyl (C=O) groups excluding carboxylic acids is 3. The van der Waals surface area contributed by atoms with Crippen LogP contribution in [0.25, 0.3) is 0 Å². The molecule has 3 nitrogen and oxygen atoms in total. The molecule has 0 fully saturated rings. The number of Topliss-reactive ketones (excluding diaryl/α,β-unsaturated/α-hetero) is 3. The van der Waals surface area contributed by atoms with Crippen LogP contribution in [0.15, 0.2) is 30.3 Å². The van der Waals surface area contributed by atoms with Crippen molar-refractivity contribution in [3.63, 3.8) is 0 Å². The zero-order valence-corrected chi connectivity index (χ0v) is 12.9. The quantitative estimate of drug-likeness (QED) is 0.371. The van der Waals surface area contributed by atoms with Crippen molar-refractivity contribution < 1.29 is 14.4 Å². The van der Waals surface area contributed by atoms with Crippen LogP contribution in [0, 0.1) is 5.92 Å². The lowest BCUT2D eigenvalue weighted by atomic mass is 9.88. The first kappa shape index (κ1) is 17.3. The highest BCUT2D eigenvalue weighted by molar-refractivity contribution is 6.23. The van der Waals surface area contributed by atoms with Gasteiger partial charge < -0.3 is 0 Å². The van der Waals surface area contributed by atoms with Gasteiger partial charge in [-0.25, -0.2) is 0 Å². The van der Waals surface area contributed by atoms with Crippen LogP contribution in [0.2, 0.25) is 0 Å². The van der Waals surface area contributed by atoms with Crippen molar-refractivity contribution in [2.75, 3.05) is 0 Å². The van der Waals surface area contributed by atoms with Crippen molar-refractivity contribution in [1.82, 2.24) is 0 Å². The molecule has 21 heavy (non-hydrogen) atoms. The predicted molar refractivity (Wildman–Crippen MR) is 83.3 cm³/mol. The highest BCUT2D eigenvalue weighted by Gasteiger charge is 2.30. The van der Waals surface area contributed by atoms with E-state index in [1.54, 1.807) is 30.3 Å². The zero-order chi connectivity index (χ0) is 15.7. The molecule has 0 heterocycles. The summed E-state index contributed by atoms with van der Waals surface area (Å²) in [5.41, 5.74) is 0.428. The van der Waals surface area contributed by atoms with E-state index in [-0.39, 0.29) is 17.3 Å². The smallest absolute Gasteiger partial charge is 0.180 e. The maximum atomic E-state index is 12.3. The number of hydrogen-bond donors (Lipinski definition) is 0. The van der Waals surface area contributed by atoms with Crippen molar-refractivity contribution in [3.05, 3.63) is 35.9 Å². The second-order valence-electron chi connectivity index (χ2n) is 5.40. The molecule has 1 rings (SSSR count). The van der Waals surface area contributed by atoms with Crippen molar-refractivity contribution in [3.8, 4) is 0 Å². The minimum Gasteiger partial charge on any atom is -0.299 e. The third-order valence-electron chi connectivity index (χ3n) is 3.58. The van der Waals surface area contributed by atoms with Gasteiger partial charge in [0.25, 0.3) is 0 Å². The Hall–Kier alpha value is -1.77. The molecule has 0 radical (unpaired) electrons. The summed E-state index contributed by atoms with van der Waals surface area (Å²) < 4.78 is 0. The number of benzene rings is 1. The lowest BCUT2D eigenvalue weighted by Crippen LogP contribution is -2.30. The predicted octanol–water partition coefficient (Wildman–Crippen LogP) is 4.00. The van der Waals surface area contributed by atoms with Gasteiger partial charge in [-0.2, -0.15) is 0 Å². The molecule has 0 bridgehead atoms. The fourth-order valence-electron chi connectivity index (χ4n) is 2.37. The maximum absolute atomic E-state index is 12.3. The summed E-state index contributed by atoms with van der Waals surface area (Å²) >= 11 is 0. The molecule has 3 heteroatoms.